The molecule has 3 nitrogen and oxygen atoms in total. The third-order valence-electron chi connectivity index (χ3n) is 3.03. The first-order valence-corrected chi connectivity index (χ1v) is 6.05. The summed E-state index contributed by atoms with van der Waals surface area (Å²) in [5.74, 6) is -0.427. The second kappa shape index (κ2) is 4.82. The van der Waals surface area contributed by atoms with Crippen LogP contribution in [-0.2, 0) is 0 Å². The van der Waals surface area contributed by atoms with E-state index in [2.05, 4.69) is 4.98 Å². The predicted octanol–water partition coefficient (Wildman–Crippen LogP) is 2.58. The fourth-order valence-electron chi connectivity index (χ4n) is 2.06. The Labute approximate surface area is 101 Å². The van der Waals surface area contributed by atoms with Crippen LogP contribution in [0.2, 0.25) is 0 Å². The summed E-state index contributed by atoms with van der Waals surface area (Å²) in [6, 6.07) is 2.81. The predicted molar refractivity (Wildman–Crippen MR) is 63.4 cm³/mol. The normalized spacial score (nSPS) is 15.6. The summed E-state index contributed by atoms with van der Waals surface area (Å²) < 4.78 is 13.5. The van der Waals surface area contributed by atoms with Gasteiger partial charge >= 0.3 is 0 Å². The Morgan fingerprint density at radius 1 is 1.35 bits per heavy atom. The molecule has 1 saturated heterocycles. The molecule has 0 saturated carbocycles. The fourth-order valence-corrected chi connectivity index (χ4v) is 2.06. The number of carbonyl (C=O) groups is 1. The molecule has 1 aromatic heterocycles. The third kappa shape index (κ3) is 2.46. The van der Waals surface area contributed by atoms with Crippen molar-refractivity contribution in [2.45, 2.75) is 32.6 Å². The van der Waals surface area contributed by atoms with Crippen molar-refractivity contribution in [3.05, 3.63) is 29.3 Å². The highest BCUT2D eigenvalue weighted by Crippen LogP contribution is 2.18. The molecule has 1 aliphatic rings. The molecule has 0 aliphatic carbocycles. The van der Waals surface area contributed by atoms with E-state index in [1.807, 2.05) is 13.8 Å². The zero-order chi connectivity index (χ0) is 12.4. The average Bonchev–Trinajstić information content (AvgIpc) is 2.81. The second-order valence-corrected chi connectivity index (χ2v) is 4.72. The maximum Gasteiger partial charge on any atom is 0.272 e. The molecule has 0 bridgehead atoms. The summed E-state index contributed by atoms with van der Waals surface area (Å²) in [4.78, 5) is 18.0. The largest absolute Gasteiger partial charge is 0.337 e. The summed E-state index contributed by atoms with van der Waals surface area (Å²) in [6.45, 7) is 5.31. The number of carbonyl (C=O) groups excluding carboxylic acids is 1. The van der Waals surface area contributed by atoms with Crippen LogP contribution in [-0.4, -0.2) is 28.9 Å². The van der Waals surface area contributed by atoms with Gasteiger partial charge in [-0.3, -0.25) is 4.79 Å². The minimum absolute atomic E-state index is 0.0127. The summed E-state index contributed by atoms with van der Waals surface area (Å²) >= 11 is 0. The number of pyridine rings is 1. The molecule has 1 aromatic rings. The van der Waals surface area contributed by atoms with Gasteiger partial charge < -0.3 is 4.90 Å². The van der Waals surface area contributed by atoms with Crippen molar-refractivity contribution >= 4 is 5.91 Å². The number of hydrogen-bond donors (Lipinski definition) is 0. The van der Waals surface area contributed by atoms with Gasteiger partial charge in [0.05, 0.1) is 5.69 Å². The van der Waals surface area contributed by atoms with Gasteiger partial charge in [0.25, 0.3) is 5.91 Å². The van der Waals surface area contributed by atoms with E-state index in [1.54, 1.807) is 4.90 Å². The van der Waals surface area contributed by atoms with Crippen molar-refractivity contribution in [2.24, 2.45) is 0 Å². The zero-order valence-corrected chi connectivity index (χ0v) is 10.2. The maximum atomic E-state index is 13.5. The monoisotopic (exact) mass is 236 g/mol. The molecule has 1 aliphatic heterocycles. The molecule has 0 spiro atoms. The molecule has 1 amide bonds. The highest BCUT2D eigenvalue weighted by atomic mass is 19.1. The fraction of sp³-hybridized carbons (Fsp3) is 0.538. The topological polar surface area (TPSA) is 33.2 Å². The van der Waals surface area contributed by atoms with E-state index >= 15 is 0 Å². The highest BCUT2D eigenvalue weighted by Gasteiger charge is 2.21. The molecule has 92 valence electrons. The van der Waals surface area contributed by atoms with Gasteiger partial charge in [0, 0.05) is 13.1 Å². The lowest BCUT2D eigenvalue weighted by Gasteiger charge is -2.15. The molecule has 0 radical (unpaired) electrons. The Kier molecular flexibility index (Phi) is 3.41. The average molecular weight is 236 g/mol. The lowest BCUT2D eigenvalue weighted by Crippen LogP contribution is -2.28. The molecule has 2 heterocycles. The number of hydrogen-bond acceptors (Lipinski definition) is 2. The minimum atomic E-state index is -0.335. The van der Waals surface area contributed by atoms with Gasteiger partial charge in [-0.2, -0.15) is 0 Å². The molecule has 2 rings (SSSR count). The van der Waals surface area contributed by atoms with Crippen LogP contribution in [0.25, 0.3) is 0 Å². The van der Waals surface area contributed by atoms with Crippen LogP contribution in [0.15, 0.2) is 12.1 Å². The lowest BCUT2D eigenvalue weighted by molar-refractivity contribution is 0.0786. The molecule has 0 atom stereocenters. The van der Waals surface area contributed by atoms with Gasteiger partial charge in [0.2, 0.25) is 0 Å². The van der Waals surface area contributed by atoms with Gasteiger partial charge in [-0.1, -0.05) is 13.8 Å². The molecule has 1 fully saturated rings. The first-order chi connectivity index (χ1) is 8.09. The third-order valence-corrected chi connectivity index (χ3v) is 3.03. The van der Waals surface area contributed by atoms with Crippen LogP contribution in [0.3, 0.4) is 0 Å². The van der Waals surface area contributed by atoms with Crippen LogP contribution >= 0.6 is 0 Å². The Morgan fingerprint density at radius 3 is 2.59 bits per heavy atom. The number of rotatable bonds is 2. The van der Waals surface area contributed by atoms with Gasteiger partial charge in [0.1, 0.15) is 11.5 Å². The maximum absolute atomic E-state index is 13.5. The van der Waals surface area contributed by atoms with Crippen molar-refractivity contribution < 1.29 is 9.18 Å². The molecular formula is C13H17FN2O. The van der Waals surface area contributed by atoms with Gasteiger partial charge in [-0.05, 0) is 30.9 Å². The van der Waals surface area contributed by atoms with E-state index in [1.165, 1.54) is 12.1 Å². The Hall–Kier alpha value is -1.45. The van der Waals surface area contributed by atoms with Gasteiger partial charge in [0.15, 0.2) is 0 Å². The summed E-state index contributed by atoms with van der Waals surface area (Å²) in [7, 11) is 0. The Bertz CT molecular complexity index is 425. The van der Waals surface area contributed by atoms with E-state index in [0.717, 1.165) is 25.9 Å². The lowest BCUT2D eigenvalue weighted by atomic mass is 10.1. The zero-order valence-electron chi connectivity index (χ0n) is 10.2. The van der Waals surface area contributed by atoms with Crippen molar-refractivity contribution in [3.8, 4) is 0 Å². The summed E-state index contributed by atoms with van der Waals surface area (Å²) in [5, 5.41) is 0. The highest BCUT2D eigenvalue weighted by molar-refractivity contribution is 5.92. The van der Waals surface area contributed by atoms with Gasteiger partial charge in [-0.15, -0.1) is 0 Å². The van der Waals surface area contributed by atoms with Crippen molar-refractivity contribution in [2.75, 3.05) is 13.1 Å². The minimum Gasteiger partial charge on any atom is -0.337 e. The van der Waals surface area contributed by atoms with E-state index in [9.17, 15) is 9.18 Å². The number of amides is 1. The SMILES string of the molecule is CC(C)c1nc(C(=O)N2CCCC2)ccc1F. The first kappa shape index (κ1) is 12.0. The van der Waals surface area contributed by atoms with Crippen LogP contribution in [0, 0.1) is 5.82 Å². The molecule has 0 aromatic carbocycles. The number of nitrogens with zero attached hydrogens (tertiary/aromatic N) is 2. The molecular weight excluding hydrogens is 219 g/mol. The van der Waals surface area contributed by atoms with E-state index < -0.39 is 0 Å². The van der Waals surface area contributed by atoms with Crippen LogP contribution in [0.1, 0.15) is 48.8 Å². The van der Waals surface area contributed by atoms with Crippen molar-refractivity contribution in [1.29, 1.82) is 0 Å². The van der Waals surface area contributed by atoms with Crippen molar-refractivity contribution in [1.82, 2.24) is 9.88 Å². The van der Waals surface area contributed by atoms with Crippen molar-refractivity contribution in [3.63, 3.8) is 0 Å². The molecule has 0 unspecified atom stereocenters. The van der Waals surface area contributed by atoms with Crippen LogP contribution in [0.5, 0.6) is 0 Å². The molecule has 4 heteroatoms. The summed E-state index contributed by atoms with van der Waals surface area (Å²) in [6.07, 6.45) is 2.09. The molecule has 0 N–H and O–H groups in total. The summed E-state index contributed by atoms with van der Waals surface area (Å²) in [5.41, 5.74) is 0.729. The van der Waals surface area contributed by atoms with E-state index in [0.29, 0.717) is 11.4 Å². The smallest absolute Gasteiger partial charge is 0.272 e. The number of halogens is 1. The first-order valence-electron chi connectivity index (χ1n) is 6.05. The van der Waals surface area contributed by atoms with E-state index in [4.69, 9.17) is 0 Å². The Balaban J connectivity index is 2.26. The number of aromatic nitrogens is 1. The van der Waals surface area contributed by atoms with E-state index in [-0.39, 0.29) is 17.6 Å². The molecule has 17 heavy (non-hydrogen) atoms. The number of likely N-dealkylation sites (tertiary alicyclic amines) is 1. The quantitative estimate of drug-likeness (QED) is 0.790. The standard InChI is InChI=1S/C13H17FN2O/c1-9(2)12-10(14)5-6-11(15-12)13(17)16-7-3-4-8-16/h5-6,9H,3-4,7-8H2,1-2H3. The Morgan fingerprint density at radius 2 is 2.00 bits per heavy atom. The van der Waals surface area contributed by atoms with Crippen LogP contribution in [0.4, 0.5) is 4.39 Å². The van der Waals surface area contributed by atoms with Gasteiger partial charge in [-0.25, -0.2) is 9.37 Å². The second-order valence-electron chi connectivity index (χ2n) is 4.72. The van der Waals surface area contributed by atoms with Crippen LogP contribution < -0.4 is 0 Å².